The predicted molar refractivity (Wildman–Crippen MR) is 174 cm³/mol. The van der Waals surface area contributed by atoms with E-state index in [9.17, 15) is 37.5 Å². The van der Waals surface area contributed by atoms with Gasteiger partial charge in [0.25, 0.3) is 11.8 Å². The molecule has 0 bridgehead atoms. The number of imide groups is 2. The number of alkyl halides is 2. The van der Waals surface area contributed by atoms with Crippen LogP contribution in [0.1, 0.15) is 24.3 Å². The molecule has 1 N–H and O–H groups in total. The standard InChI is InChI=1S/C32H17BrCl2F5IN2O5/c33-11-1-8-18(44)16(9-11)20-14-6-7-15-19(28(46)42(27(15)45)13-4-2-12(41)3-5-13)17(14)10-31(34)29(47)43(30(48)32(20,31)35)26-24(39)22(37)21(36)23(38)25(26)40/h1-6,8-9,15,17,19-20,44H,7,10H2. The van der Waals surface area contributed by atoms with Crippen molar-refractivity contribution in [2.45, 2.75) is 28.5 Å². The van der Waals surface area contributed by atoms with Crippen LogP contribution in [0.15, 0.2) is 58.6 Å². The minimum atomic E-state index is -2.74. The van der Waals surface area contributed by atoms with Gasteiger partial charge in [0.15, 0.2) is 33.0 Å². The van der Waals surface area contributed by atoms with Gasteiger partial charge in [-0.3, -0.25) is 24.1 Å². The Morgan fingerprint density at radius 1 is 0.812 bits per heavy atom. The van der Waals surface area contributed by atoms with Crippen LogP contribution >= 0.6 is 61.7 Å². The van der Waals surface area contributed by atoms with Gasteiger partial charge in [-0.25, -0.2) is 26.9 Å². The molecule has 0 spiro atoms. The summed E-state index contributed by atoms with van der Waals surface area (Å²) in [5.74, 6) is -22.0. The summed E-state index contributed by atoms with van der Waals surface area (Å²) >= 11 is 19.5. The number of phenolic OH excluding ortho intramolecular Hbond substituents is 1. The van der Waals surface area contributed by atoms with Gasteiger partial charge in [0, 0.05) is 19.5 Å². The maximum atomic E-state index is 15.2. The van der Waals surface area contributed by atoms with Crippen LogP contribution < -0.4 is 9.80 Å². The number of carbonyl (C=O) groups is 4. The van der Waals surface area contributed by atoms with Gasteiger partial charge in [0.1, 0.15) is 11.4 Å². The number of allylic oxidation sites excluding steroid dienone is 2. The number of hydrogen-bond acceptors (Lipinski definition) is 5. The number of fused-ring (bicyclic) bond motifs is 4. The van der Waals surface area contributed by atoms with E-state index in [1.54, 1.807) is 30.3 Å². The van der Waals surface area contributed by atoms with Crippen LogP contribution in [-0.2, 0) is 19.2 Å². The quantitative estimate of drug-likeness (QED) is 0.0571. The summed E-state index contributed by atoms with van der Waals surface area (Å²) in [6, 6.07) is 10.6. The van der Waals surface area contributed by atoms with Crippen molar-refractivity contribution < 1.29 is 46.2 Å². The molecule has 0 aromatic heterocycles. The van der Waals surface area contributed by atoms with Crippen LogP contribution in [0.2, 0.25) is 0 Å². The van der Waals surface area contributed by atoms with Gasteiger partial charge >= 0.3 is 0 Å². The van der Waals surface area contributed by atoms with E-state index in [1.165, 1.54) is 18.2 Å². The molecule has 0 radical (unpaired) electrons. The van der Waals surface area contributed by atoms with Crippen LogP contribution in [0.4, 0.5) is 33.3 Å². The summed E-state index contributed by atoms with van der Waals surface area (Å²) in [5, 5.41) is 11.1. The molecule has 4 aliphatic rings. The smallest absolute Gasteiger partial charge is 0.258 e. The second-order valence-electron chi connectivity index (χ2n) is 11.9. The highest BCUT2D eigenvalue weighted by molar-refractivity contribution is 14.1. The highest BCUT2D eigenvalue weighted by Gasteiger charge is 2.77. The zero-order valence-corrected chi connectivity index (χ0v) is 29.0. The largest absolute Gasteiger partial charge is 0.508 e. The predicted octanol–water partition coefficient (Wildman–Crippen LogP) is 7.22. The van der Waals surface area contributed by atoms with E-state index in [2.05, 4.69) is 38.5 Å². The molecule has 248 valence electrons. The molecule has 4 amide bonds. The summed E-state index contributed by atoms with van der Waals surface area (Å²) in [5.41, 5.74) is -1.46. The Bertz CT molecular complexity index is 2020. The lowest BCUT2D eigenvalue weighted by Gasteiger charge is -2.50. The Morgan fingerprint density at radius 3 is 2.04 bits per heavy atom. The lowest BCUT2D eigenvalue weighted by Crippen LogP contribution is -2.60. The molecule has 7 nitrogen and oxygen atoms in total. The maximum Gasteiger partial charge on any atom is 0.258 e. The summed E-state index contributed by atoms with van der Waals surface area (Å²) < 4.78 is 74.3. The molecule has 16 heteroatoms. The summed E-state index contributed by atoms with van der Waals surface area (Å²) in [4.78, 5) is 51.7. The Labute approximate surface area is 299 Å². The van der Waals surface area contributed by atoms with Crippen LogP contribution in [0.25, 0.3) is 0 Å². The van der Waals surface area contributed by atoms with Crippen LogP contribution in [0.5, 0.6) is 5.75 Å². The van der Waals surface area contributed by atoms with E-state index in [1.807, 2.05) is 0 Å². The van der Waals surface area contributed by atoms with Crippen molar-refractivity contribution in [2.24, 2.45) is 17.8 Å². The number of phenols is 1. The fourth-order valence-corrected chi connectivity index (χ4v) is 9.18. The summed E-state index contributed by atoms with van der Waals surface area (Å²) in [7, 11) is 0. The Kier molecular flexibility index (Phi) is 7.81. The SMILES string of the molecule is O=C1C2CC=C3C(CC4(Cl)C(=O)N(c5c(F)c(F)c(F)c(F)c5F)C(=O)C4(Cl)C3c3cc(Br)ccc3O)C2C(=O)N1c1ccc(I)cc1. The highest BCUT2D eigenvalue weighted by Crippen LogP contribution is 2.67. The third kappa shape index (κ3) is 4.27. The number of amides is 4. The second kappa shape index (κ2) is 11.2. The van der Waals surface area contributed by atoms with E-state index in [0.717, 1.165) is 8.47 Å². The van der Waals surface area contributed by atoms with Crippen molar-refractivity contribution in [3.8, 4) is 5.75 Å². The molecule has 3 aromatic carbocycles. The van der Waals surface area contributed by atoms with Crippen molar-refractivity contribution in [1.29, 1.82) is 0 Å². The first-order valence-corrected chi connectivity index (χ1v) is 16.8. The van der Waals surface area contributed by atoms with Crippen molar-refractivity contribution >= 4 is 96.7 Å². The molecular weight excluding hydrogens is 865 g/mol. The van der Waals surface area contributed by atoms with Crippen molar-refractivity contribution in [3.05, 3.63) is 96.8 Å². The topological polar surface area (TPSA) is 95.0 Å². The molecule has 2 saturated heterocycles. The molecule has 2 aliphatic heterocycles. The Balaban J connectivity index is 1.44. The maximum absolute atomic E-state index is 15.2. The normalized spacial score (nSPS) is 29.6. The summed E-state index contributed by atoms with van der Waals surface area (Å²) in [6.45, 7) is 0. The molecule has 3 fully saturated rings. The van der Waals surface area contributed by atoms with E-state index >= 15 is 8.78 Å². The van der Waals surface area contributed by atoms with E-state index in [0.29, 0.717) is 4.47 Å². The van der Waals surface area contributed by atoms with Gasteiger partial charge in [0.05, 0.1) is 17.5 Å². The first kappa shape index (κ1) is 33.4. The molecule has 3 aromatic rings. The fraction of sp³-hybridized carbons (Fsp3) is 0.250. The molecule has 48 heavy (non-hydrogen) atoms. The van der Waals surface area contributed by atoms with Gasteiger partial charge in [-0.05, 0) is 83.8 Å². The molecular formula is C32H17BrCl2F5IN2O5. The van der Waals surface area contributed by atoms with E-state index in [4.69, 9.17) is 23.2 Å². The lowest BCUT2D eigenvalue weighted by molar-refractivity contribution is -0.125. The van der Waals surface area contributed by atoms with E-state index < -0.39 is 104 Å². The van der Waals surface area contributed by atoms with Gasteiger partial charge in [0.2, 0.25) is 17.6 Å². The number of aromatic hydroxyl groups is 1. The van der Waals surface area contributed by atoms with Gasteiger partial charge in [-0.1, -0.05) is 27.6 Å². The van der Waals surface area contributed by atoms with Gasteiger partial charge in [-0.15, -0.1) is 23.2 Å². The minimum Gasteiger partial charge on any atom is -0.508 e. The monoisotopic (exact) mass is 880 g/mol. The number of hydrogen-bond donors (Lipinski definition) is 1. The van der Waals surface area contributed by atoms with Crippen LogP contribution in [0, 0.1) is 50.4 Å². The van der Waals surface area contributed by atoms with Gasteiger partial charge in [-0.2, -0.15) is 0 Å². The molecule has 6 atom stereocenters. The minimum absolute atomic E-state index is 0.0288. The van der Waals surface area contributed by atoms with Crippen molar-refractivity contribution in [1.82, 2.24) is 0 Å². The summed E-state index contributed by atoms with van der Waals surface area (Å²) in [6.07, 6.45) is 0.879. The van der Waals surface area contributed by atoms with Crippen LogP contribution in [0.3, 0.4) is 0 Å². The number of halogens is 9. The highest BCUT2D eigenvalue weighted by atomic mass is 127. The molecule has 6 unspecified atom stereocenters. The van der Waals surface area contributed by atoms with Crippen molar-refractivity contribution in [3.63, 3.8) is 0 Å². The Morgan fingerprint density at radius 2 is 1.42 bits per heavy atom. The molecule has 2 heterocycles. The number of nitrogens with zero attached hydrogens (tertiary/aromatic N) is 2. The number of rotatable bonds is 3. The third-order valence-corrected chi connectivity index (χ3v) is 12.2. The number of carbonyl (C=O) groups excluding carboxylic acids is 4. The van der Waals surface area contributed by atoms with E-state index in [-0.39, 0.29) is 28.1 Å². The Hall–Kier alpha value is -3.08. The average molecular weight is 882 g/mol. The molecule has 7 rings (SSSR count). The second-order valence-corrected chi connectivity index (χ2v) is 15.3. The molecule has 2 aliphatic carbocycles. The van der Waals surface area contributed by atoms with Crippen LogP contribution in [-0.4, -0.2) is 38.5 Å². The zero-order chi connectivity index (χ0) is 34.8. The fourth-order valence-electron chi connectivity index (χ4n) is 7.51. The number of anilines is 2. The first-order chi connectivity index (χ1) is 22.6. The lowest BCUT2D eigenvalue weighted by atomic mass is 9.56. The van der Waals surface area contributed by atoms with Gasteiger partial charge < -0.3 is 5.11 Å². The average Bonchev–Trinajstić information content (AvgIpc) is 3.39. The first-order valence-electron chi connectivity index (χ1n) is 14.2. The zero-order valence-electron chi connectivity index (χ0n) is 23.7. The number of benzene rings is 3. The molecule has 1 saturated carbocycles. The van der Waals surface area contributed by atoms with Crippen molar-refractivity contribution in [2.75, 3.05) is 9.80 Å². The third-order valence-electron chi connectivity index (χ3n) is 9.61.